The zero-order valence-corrected chi connectivity index (χ0v) is 22.1. The lowest BCUT2D eigenvalue weighted by Gasteiger charge is -2.43. The van der Waals surface area contributed by atoms with Gasteiger partial charge in [0.05, 0.1) is 18.3 Å². The average molecular weight is 507 g/mol. The van der Waals surface area contributed by atoms with Gasteiger partial charge in [-0.2, -0.15) is 0 Å². The molecule has 1 aliphatic heterocycles. The number of piperazine rings is 1. The summed E-state index contributed by atoms with van der Waals surface area (Å²) in [5.74, 6) is 0.739. The maximum atomic E-state index is 14.9. The molecule has 0 radical (unpaired) electrons. The lowest BCUT2D eigenvalue weighted by molar-refractivity contribution is 0.0654. The van der Waals surface area contributed by atoms with Gasteiger partial charge in [0.2, 0.25) is 0 Å². The number of carbonyl (C=O) groups is 1. The van der Waals surface area contributed by atoms with Gasteiger partial charge in [0.15, 0.2) is 0 Å². The van der Waals surface area contributed by atoms with Crippen LogP contribution in [0, 0.1) is 5.41 Å². The minimum Gasteiger partial charge on any atom is -0.328 e. The molecule has 2 aromatic carbocycles. The lowest BCUT2D eigenvalue weighted by Crippen LogP contribution is -2.55. The number of hydrogen-bond acceptors (Lipinski definition) is 4. The van der Waals surface area contributed by atoms with Gasteiger partial charge in [-0.15, -0.1) is 0 Å². The van der Waals surface area contributed by atoms with Crippen molar-refractivity contribution in [2.24, 2.45) is 11.1 Å². The molecule has 2 atom stereocenters. The van der Waals surface area contributed by atoms with Crippen molar-refractivity contribution in [2.45, 2.75) is 39.5 Å². The summed E-state index contributed by atoms with van der Waals surface area (Å²) < 4.78 is 17.0. The third-order valence-corrected chi connectivity index (χ3v) is 6.73. The highest BCUT2D eigenvalue weighted by atomic mass is 19.1. The second kappa shape index (κ2) is 11.9. The van der Waals surface area contributed by atoms with Crippen molar-refractivity contribution < 1.29 is 9.18 Å². The molecular formula is C29H39FN6O. The molecular weight excluding hydrogens is 467 g/mol. The third kappa shape index (κ3) is 6.56. The number of benzene rings is 2. The second-order valence-corrected chi connectivity index (χ2v) is 10.7. The van der Waals surface area contributed by atoms with Crippen LogP contribution in [-0.2, 0) is 6.54 Å². The van der Waals surface area contributed by atoms with E-state index < -0.39 is 17.6 Å². The minimum atomic E-state index is -1.33. The van der Waals surface area contributed by atoms with Gasteiger partial charge < -0.3 is 25.4 Å². The Morgan fingerprint density at radius 1 is 1.08 bits per heavy atom. The van der Waals surface area contributed by atoms with Crippen molar-refractivity contribution in [3.63, 3.8) is 0 Å². The van der Waals surface area contributed by atoms with E-state index in [0.29, 0.717) is 19.6 Å². The Balaban J connectivity index is 1.83. The molecule has 7 nitrogen and oxygen atoms in total. The van der Waals surface area contributed by atoms with E-state index in [1.165, 1.54) is 0 Å². The summed E-state index contributed by atoms with van der Waals surface area (Å²) in [6.07, 6.45) is 0.711. The molecule has 0 unspecified atom stereocenters. The fraction of sp³-hybridized carbons (Fsp3) is 0.448. The summed E-state index contributed by atoms with van der Waals surface area (Å²) >= 11 is 0. The molecule has 198 valence electrons. The molecule has 8 heteroatoms. The van der Waals surface area contributed by atoms with Crippen LogP contribution in [0.25, 0.3) is 11.3 Å². The van der Waals surface area contributed by atoms with Crippen LogP contribution in [0.1, 0.15) is 38.2 Å². The van der Waals surface area contributed by atoms with E-state index in [0.717, 1.165) is 35.7 Å². The maximum Gasteiger partial charge on any atom is 0.320 e. The van der Waals surface area contributed by atoms with E-state index in [4.69, 9.17) is 10.7 Å². The van der Waals surface area contributed by atoms with Gasteiger partial charge >= 0.3 is 6.03 Å². The summed E-state index contributed by atoms with van der Waals surface area (Å²) in [6.45, 7) is 9.20. The molecule has 2 heterocycles. The number of halogens is 1. The quantitative estimate of drug-likeness (QED) is 0.477. The predicted octanol–water partition coefficient (Wildman–Crippen LogP) is 4.31. The van der Waals surface area contributed by atoms with Crippen LogP contribution in [0.2, 0.25) is 0 Å². The van der Waals surface area contributed by atoms with Crippen molar-refractivity contribution in [1.82, 2.24) is 24.7 Å². The van der Waals surface area contributed by atoms with E-state index in [2.05, 4.69) is 42.8 Å². The largest absolute Gasteiger partial charge is 0.328 e. The summed E-state index contributed by atoms with van der Waals surface area (Å²) in [5.41, 5.74) is 8.22. The van der Waals surface area contributed by atoms with Crippen molar-refractivity contribution >= 4 is 6.03 Å². The monoisotopic (exact) mass is 506 g/mol. The smallest absolute Gasteiger partial charge is 0.320 e. The highest BCUT2D eigenvalue weighted by molar-refractivity contribution is 5.75. The van der Waals surface area contributed by atoms with Crippen LogP contribution in [-0.4, -0.2) is 70.8 Å². The van der Waals surface area contributed by atoms with Gasteiger partial charge in [-0.1, -0.05) is 81.4 Å². The van der Waals surface area contributed by atoms with Gasteiger partial charge in [0.1, 0.15) is 12.0 Å². The van der Waals surface area contributed by atoms with Gasteiger partial charge in [-0.05, 0) is 11.0 Å². The molecule has 0 spiro atoms. The van der Waals surface area contributed by atoms with Crippen LogP contribution < -0.4 is 11.1 Å². The molecule has 0 saturated carbocycles. The molecule has 0 bridgehead atoms. The van der Waals surface area contributed by atoms with E-state index in [9.17, 15) is 9.18 Å². The number of amides is 2. The number of hydrogen-bond donors (Lipinski definition) is 2. The Hall–Kier alpha value is -3.23. The standard InChI is InChI=1S/C29H39FN6O/c1-29(2,3)26(36(20-24(30)18-31)28(37)34-16-14-32-15-17-34)27-33-25(23-12-8-5-9-13-23)21-35(27)19-22-10-6-4-7-11-22/h4-13,21,24,26,32H,14-20,31H2,1-3H3/t24-,26-/m0/s1. The zero-order chi connectivity index (χ0) is 26.4. The summed E-state index contributed by atoms with van der Waals surface area (Å²) in [4.78, 5) is 22.5. The Labute approximate surface area is 219 Å². The van der Waals surface area contributed by atoms with Crippen molar-refractivity contribution in [2.75, 3.05) is 39.3 Å². The minimum absolute atomic E-state index is 0.0833. The first-order valence-corrected chi connectivity index (χ1v) is 13.0. The Morgan fingerprint density at radius 3 is 2.30 bits per heavy atom. The average Bonchev–Trinajstić information content (AvgIpc) is 3.31. The first-order valence-electron chi connectivity index (χ1n) is 13.0. The number of aromatic nitrogens is 2. The van der Waals surface area contributed by atoms with Crippen LogP contribution in [0.15, 0.2) is 66.9 Å². The molecule has 0 aliphatic carbocycles. The number of imidazole rings is 1. The number of nitrogens with one attached hydrogen (secondary N) is 1. The summed E-state index contributed by atoms with van der Waals surface area (Å²) in [7, 11) is 0. The van der Waals surface area contributed by atoms with Gasteiger partial charge in [-0.3, -0.25) is 0 Å². The fourth-order valence-corrected chi connectivity index (χ4v) is 4.92. The van der Waals surface area contributed by atoms with E-state index in [1.807, 2.05) is 54.7 Å². The summed E-state index contributed by atoms with van der Waals surface area (Å²) in [5, 5.41) is 3.29. The highest BCUT2D eigenvalue weighted by Gasteiger charge is 2.41. The Kier molecular flexibility index (Phi) is 8.61. The second-order valence-electron chi connectivity index (χ2n) is 10.7. The SMILES string of the molecule is CC(C)(C)[C@H](c1nc(-c2ccccc2)cn1Cc1ccccc1)N(C[C@@H](F)CN)C(=O)N1CCNCC1. The lowest BCUT2D eigenvalue weighted by atomic mass is 9.84. The van der Waals surface area contributed by atoms with E-state index in [-0.39, 0.29) is 19.1 Å². The first-order chi connectivity index (χ1) is 17.8. The number of nitrogens with two attached hydrogens (primary N) is 1. The van der Waals surface area contributed by atoms with Crippen molar-refractivity contribution in [1.29, 1.82) is 0 Å². The molecule has 3 aromatic rings. The Bertz CT molecular complexity index is 1140. The fourth-order valence-electron chi connectivity index (χ4n) is 4.92. The van der Waals surface area contributed by atoms with Crippen LogP contribution in [0.4, 0.5) is 9.18 Å². The molecule has 2 amide bonds. The van der Waals surface area contributed by atoms with Crippen molar-refractivity contribution in [3.05, 3.63) is 78.2 Å². The van der Waals surface area contributed by atoms with Crippen LogP contribution in [0.3, 0.4) is 0 Å². The number of alkyl halides is 1. The van der Waals surface area contributed by atoms with Crippen molar-refractivity contribution in [3.8, 4) is 11.3 Å². The van der Waals surface area contributed by atoms with Gasteiger partial charge in [0.25, 0.3) is 0 Å². The van der Waals surface area contributed by atoms with Crippen LogP contribution >= 0.6 is 0 Å². The zero-order valence-electron chi connectivity index (χ0n) is 22.1. The first kappa shape index (κ1) is 26.8. The van der Waals surface area contributed by atoms with Gasteiger partial charge in [0, 0.05) is 51.0 Å². The number of nitrogens with zero attached hydrogens (tertiary/aromatic N) is 4. The molecule has 37 heavy (non-hydrogen) atoms. The molecule has 4 rings (SSSR count). The van der Waals surface area contributed by atoms with E-state index in [1.54, 1.807) is 9.80 Å². The third-order valence-electron chi connectivity index (χ3n) is 6.73. The van der Waals surface area contributed by atoms with Gasteiger partial charge in [-0.25, -0.2) is 14.2 Å². The maximum absolute atomic E-state index is 14.9. The summed E-state index contributed by atoms with van der Waals surface area (Å²) in [6, 6.07) is 19.5. The molecule has 3 N–H and O–H groups in total. The predicted molar refractivity (Wildman–Crippen MR) is 146 cm³/mol. The number of carbonyl (C=O) groups excluding carboxylic acids is 1. The number of urea groups is 1. The Morgan fingerprint density at radius 2 is 1.70 bits per heavy atom. The topological polar surface area (TPSA) is 79.4 Å². The van der Waals surface area contributed by atoms with E-state index >= 15 is 0 Å². The number of rotatable bonds is 8. The molecule has 1 aromatic heterocycles. The molecule has 1 fully saturated rings. The van der Waals surface area contributed by atoms with Crippen LogP contribution in [0.5, 0.6) is 0 Å². The normalized spacial score (nSPS) is 15.9. The highest BCUT2D eigenvalue weighted by Crippen LogP contribution is 2.40. The molecule has 1 aliphatic rings. The molecule has 1 saturated heterocycles.